The molecule has 1 saturated carbocycles. The minimum atomic E-state index is -0.342. The quantitative estimate of drug-likeness (QED) is 0.392. The summed E-state index contributed by atoms with van der Waals surface area (Å²) in [5.41, 5.74) is 0. The van der Waals surface area contributed by atoms with Gasteiger partial charge in [0.25, 0.3) is 0 Å². The first-order valence-corrected chi connectivity index (χ1v) is 8.20. The van der Waals surface area contributed by atoms with Crippen molar-refractivity contribution in [3.05, 3.63) is 12.2 Å². The SMILES string of the molecule is CCCCOC(=O)[C@@H]1[C@H](C(=O)OCCCC)[C@H]2C=C[C@@H]1C2. The van der Waals surface area contributed by atoms with Gasteiger partial charge in [-0.3, -0.25) is 9.59 Å². The van der Waals surface area contributed by atoms with Gasteiger partial charge in [0.2, 0.25) is 0 Å². The van der Waals surface area contributed by atoms with Gasteiger partial charge >= 0.3 is 11.9 Å². The van der Waals surface area contributed by atoms with Crippen LogP contribution < -0.4 is 0 Å². The number of unbranched alkanes of at least 4 members (excludes halogenated alkanes) is 2. The van der Waals surface area contributed by atoms with Crippen LogP contribution in [0.25, 0.3) is 0 Å². The Morgan fingerprint density at radius 1 is 0.905 bits per heavy atom. The Kier molecular flexibility index (Phi) is 5.83. The Morgan fingerprint density at radius 3 is 1.71 bits per heavy atom. The van der Waals surface area contributed by atoms with Crippen molar-refractivity contribution in [2.24, 2.45) is 23.7 Å². The van der Waals surface area contributed by atoms with Crippen molar-refractivity contribution < 1.29 is 19.1 Å². The number of esters is 2. The summed E-state index contributed by atoms with van der Waals surface area (Å²) in [6.45, 7) is 5.01. The van der Waals surface area contributed by atoms with Crippen molar-refractivity contribution >= 4 is 11.9 Å². The van der Waals surface area contributed by atoms with Gasteiger partial charge in [0, 0.05) is 0 Å². The molecule has 0 spiro atoms. The molecule has 0 aromatic carbocycles. The summed E-state index contributed by atoms with van der Waals surface area (Å²) in [5.74, 6) is -0.840. The van der Waals surface area contributed by atoms with Gasteiger partial charge in [0.1, 0.15) is 0 Å². The summed E-state index contributed by atoms with van der Waals surface area (Å²) >= 11 is 0. The minimum Gasteiger partial charge on any atom is -0.465 e. The first-order valence-electron chi connectivity index (χ1n) is 8.20. The normalized spacial score (nSPS) is 29.6. The van der Waals surface area contributed by atoms with Crippen LogP contribution in [0.1, 0.15) is 46.0 Å². The molecule has 4 nitrogen and oxygen atoms in total. The molecule has 4 atom stereocenters. The highest BCUT2D eigenvalue weighted by molar-refractivity contribution is 5.84. The molecule has 1 fully saturated rings. The highest BCUT2D eigenvalue weighted by Crippen LogP contribution is 2.49. The van der Waals surface area contributed by atoms with Gasteiger partial charge in [-0.1, -0.05) is 38.8 Å². The van der Waals surface area contributed by atoms with Gasteiger partial charge in [-0.15, -0.1) is 0 Å². The summed E-state index contributed by atoms with van der Waals surface area (Å²) in [7, 11) is 0. The topological polar surface area (TPSA) is 52.6 Å². The van der Waals surface area contributed by atoms with Gasteiger partial charge in [-0.2, -0.15) is 0 Å². The van der Waals surface area contributed by atoms with Crippen LogP contribution in [0.15, 0.2) is 12.2 Å². The van der Waals surface area contributed by atoms with Crippen LogP contribution in [-0.2, 0) is 19.1 Å². The molecule has 118 valence electrons. The number of fused-ring (bicyclic) bond motifs is 2. The number of allylic oxidation sites excluding steroid dienone is 2. The van der Waals surface area contributed by atoms with Crippen molar-refractivity contribution in [2.45, 2.75) is 46.0 Å². The smallest absolute Gasteiger partial charge is 0.310 e. The van der Waals surface area contributed by atoms with Crippen LogP contribution in [0.5, 0.6) is 0 Å². The maximum absolute atomic E-state index is 12.3. The van der Waals surface area contributed by atoms with E-state index < -0.39 is 0 Å². The number of hydrogen-bond donors (Lipinski definition) is 0. The van der Waals surface area contributed by atoms with Gasteiger partial charge < -0.3 is 9.47 Å². The van der Waals surface area contributed by atoms with E-state index in [4.69, 9.17) is 9.47 Å². The lowest BCUT2D eigenvalue weighted by Crippen LogP contribution is -2.35. The van der Waals surface area contributed by atoms with Gasteiger partial charge in [-0.05, 0) is 31.1 Å². The van der Waals surface area contributed by atoms with E-state index in [1.54, 1.807) is 0 Å². The second-order valence-electron chi connectivity index (χ2n) is 6.04. The fourth-order valence-corrected chi connectivity index (χ4v) is 3.29. The summed E-state index contributed by atoms with van der Waals surface area (Å²) < 4.78 is 10.7. The predicted octanol–water partition coefficient (Wildman–Crippen LogP) is 3.11. The van der Waals surface area contributed by atoms with Gasteiger partial charge in [-0.25, -0.2) is 0 Å². The maximum Gasteiger partial charge on any atom is 0.310 e. The Morgan fingerprint density at radius 2 is 1.33 bits per heavy atom. The summed E-state index contributed by atoms with van der Waals surface area (Å²) in [4.78, 5) is 24.6. The van der Waals surface area contributed by atoms with E-state index in [0.717, 1.165) is 32.1 Å². The number of rotatable bonds is 8. The fourth-order valence-electron chi connectivity index (χ4n) is 3.29. The van der Waals surface area contributed by atoms with Crippen LogP contribution >= 0.6 is 0 Å². The number of carbonyl (C=O) groups is 2. The monoisotopic (exact) mass is 294 g/mol. The fraction of sp³-hybridized carbons (Fsp3) is 0.765. The lowest BCUT2D eigenvalue weighted by Gasteiger charge is -2.24. The maximum atomic E-state index is 12.3. The minimum absolute atomic E-state index is 0.146. The molecule has 2 aliphatic carbocycles. The summed E-state index contributed by atoms with van der Waals surface area (Å²) in [6, 6.07) is 0. The Bertz CT molecular complexity index is 366. The zero-order chi connectivity index (χ0) is 15.2. The highest BCUT2D eigenvalue weighted by atomic mass is 16.5. The average molecular weight is 294 g/mol. The van der Waals surface area contributed by atoms with E-state index in [1.165, 1.54) is 0 Å². The lowest BCUT2D eigenvalue weighted by molar-refractivity contribution is -0.161. The molecule has 2 rings (SSSR count). The van der Waals surface area contributed by atoms with E-state index in [1.807, 2.05) is 0 Å². The second kappa shape index (κ2) is 7.62. The molecule has 2 bridgehead atoms. The van der Waals surface area contributed by atoms with Gasteiger partial charge in [0.15, 0.2) is 0 Å². The van der Waals surface area contributed by atoms with Crippen molar-refractivity contribution in [1.29, 1.82) is 0 Å². The molecule has 0 saturated heterocycles. The van der Waals surface area contributed by atoms with E-state index in [9.17, 15) is 9.59 Å². The molecule has 0 aromatic heterocycles. The van der Waals surface area contributed by atoms with Crippen LogP contribution in [0.3, 0.4) is 0 Å². The third-order valence-electron chi connectivity index (χ3n) is 4.49. The Labute approximate surface area is 126 Å². The molecule has 0 heterocycles. The second-order valence-corrected chi connectivity index (χ2v) is 6.04. The van der Waals surface area contributed by atoms with E-state index >= 15 is 0 Å². The first-order chi connectivity index (χ1) is 10.2. The molecular weight excluding hydrogens is 268 g/mol. The third-order valence-corrected chi connectivity index (χ3v) is 4.49. The highest BCUT2D eigenvalue weighted by Gasteiger charge is 2.52. The van der Waals surface area contributed by atoms with Crippen LogP contribution in [0.2, 0.25) is 0 Å². The van der Waals surface area contributed by atoms with Crippen LogP contribution in [0, 0.1) is 23.7 Å². The molecule has 0 amide bonds. The summed E-state index contributed by atoms with van der Waals surface area (Å²) in [6.07, 6.45) is 8.72. The predicted molar refractivity (Wildman–Crippen MR) is 79.5 cm³/mol. The van der Waals surface area contributed by atoms with Crippen molar-refractivity contribution in [3.8, 4) is 0 Å². The molecule has 0 radical (unpaired) electrons. The Balaban J connectivity index is 1.95. The van der Waals surface area contributed by atoms with Gasteiger partial charge in [0.05, 0.1) is 25.0 Å². The van der Waals surface area contributed by atoms with E-state index in [2.05, 4.69) is 26.0 Å². The number of hydrogen-bond acceptors (Lipinski definition) is 4. The van der Waals surface area contributed by atoms with Crippen LogP contribution in [-0.4, -0.2) is 25.2 Å². The van der Waals surface area contributed by atoms with Crippen molar-refractivity contribution in [3.63, 3.8) is 0 Å². The van der Waals surface area contributed by atoms with Crippen molar-refractivity contribution in [1.82, 2.24) is 0 Å². The lowest BCUT2D eigenvalue weighted by atomic mass is 9.83. The zero-order valence-corrected chi connectivity index (χ0v) is 13.0. The van der Waals surface area contributed by atoms with E-state index in [-0.39, 0.29) is 35.6 Å². The van der Waals surface area contributed by atoms with E-state index in [0.29, 0.717) is 13.2 Å². The average Bonchev–Trinajstić information content (AvgIpc) is 3.08. The number of ether oxygens (including phenoxy) is 2. The molecule has 0 aromatic rings. The largest absolute Gasteiger partial charge is 0.465 e. The molecule has 4 heteroatoms. The molecule has 0 aliphatic heterocycles. The zero-order valence-electron chi connectivity index (χ0n) is 13.0. The molecule has 21 heavy (non-hydrogen) atoms. The standard InChI is InChI=1S/C17H26O4/c1-3-5-9-20-16(18)14-12-7-8-13(11-12)15(14)17(19)21-10-6-4-2/h7-8,12-15H,3-6,9-11H2,1-2H3/t12-,13+,14+,15-. The molecule has 2 aliphatic rings. The summed E-state index contributed by atoms with van der Waals surface area (Å²) in [5, 5.41) is 0. The van der Waals surface area contributed by atoms with Crippen LogP contribution in [0.4, 0.5) is 0 Å². The molecule has 0 unspecified atom stereocenters. The molecule has 0 N–H and O–H groups in total. The third kappa shape index (κ3) is 3.66. The van der Waals surface area contributed by atoms with Crippen molar-refractivity contribution in [2.75, 3.05) is 13.2 Å². The first kappa shape index (κ1) is 16.1. The Hall–Kier alpha value is -1.32. The number of carbonyl (C=O) groups excluding carboxylic acids is 2. The molecular formula is C17H26O4.